The molecule has 0 saturated carbocycles. The molecule has 0 aliphatic heterocycles. The van der Waals surface area contributed by atoms with Gasteiger partial charge in [0.05, 0.1) is 0 Å². The minimum atomic E-state index is 1.27. The second-order valence-electron chi connectivity index (χ2n) is 5.77. The molecular formula is C21H20. The molecule has 3 aromatic rings. The van der Waals surface area contributed by atoms with Crippen LogP contribution in [0.3, 0.4) is 0 Å². The number of hydrogen-bond donors (Lipinski definition) is 0. The molecule has 0 heterocycles. The standard InChI is InChI=1S/C21H20/c1-15-7-10-18(11-8-15)19-5-4-6-20(14-19)21-12-9-16(2)13-17(21)3/h4-14H,1-3H3. The topological polar surface area (TPSA) is 0 Å². The van der Waals surface area contributed by atoms with E-state index in [2.05, 4.69) is 87.5 Å². The molecule has 21 heavy (non-hydrogen) atoms. The van der Waals surface area contributed by atoms with Gasteiger partial charge in [-0.05, 0) is 54.7 Å². The summed E-state index contributed by atoms with van der Waals surface area (Å²) in [7, 11) is 0. The molecule has 0 spiro atoms. The van der Waals surface area contributed by atoms with Gasteiger partial charge in [-0.1, -0.05) is 71.8 Å². The van der Waals surface area contributed by atoms with E-state index in [1.165, 1.54) is 38.9 Å². The minimum Gasteiger partial charge on any atom is -0.0610 e. The molecule has 0 amide bonds. The summed E-state index contributed by atoms with van der Waals surface area (Å²) in [5.74, 6) is 0. The Morgan fingerprint density at radius 2 is 1.19 bits per heavy atom. The molecule has 0 aliphatic rings. The molecule has 0 unspecified atom stereocenters. The number of rotatable bonds is 2. The zero-order chi connectivity index (χ0) is 14.8. The van der Waals surface area contributed by atoms with E-state index in [1.807, 2.05) is 0 Å². The van der Waals surface area contributed by atoms with Crippen molar-refractivity contribution in [3.8, 4) is 22.3 Å². The van der Waals surface area contributed by atoms with Crippen molar-refractivity contribution in [1.29, 1.82) is 0 Å². The number of hydrogen-bond acceptors (Lipinski definition) is 0. The molecule has 0 N–H and O–H groups in total. The lowest BCUT2D eigenvalue weighted by atomic mass is 9.95. The van der Waals surface area contributed by atoms with Gasteiger partial charge in [0.25, 0.3) is 0 Å². The Bertz CT molecular complexity index is 764. The van der Waals surface area contributed by atoms with Crippen LogP contribution in [0, 0.1) is 20.8 Å². The quantitative estimate of drug-likeness (QED) is 0.541. The Hall–Kier alpha value is -2.34. The van der Waals surface area contributed by atoms with Crippen LogP contribution in [-0.4, -0.2) is 0 Å². The third-order valence-corrected chi connectivity index (χ3v) is 3.94. The molecule has 0 nitrogen and oxygen atoms in total. The Kier molecular flexibility index (Phi) is 3.62. The van der Waals surface area contributed by atoms with Crippen LogP contribution in [0.2, 0.25) is 0 Å². The molecule has 0 bridgehead atoms. The van der Waals surface area contributed by atoms with Gasteiger partial charge in [-0.15, -0.1) is 0 Å². The first-order valence-electron chi connectivity index (χ1n) is 7.38. The van der Waals surface area contributed by atoms with E-state index in [4.69, 9.17) is 0 Å². The van der Waals surface area contributed by atoms with Gasteiger partial charge in [0, 0.05) is 0 Å². The third kappa shape index (κ3) is 2.90. The summed E-state index contributed by atoms with van der Waals surface area (Å²) in [5, 5.41) is 0. The fourth-order valence-electron chi connectivity index (χ4n) is 2.75. The molecule has 0 heteroatoms. The monoisotopic (exact) mass is 272 g/mol. The van der Waals surface area contributed by atoms with E-state index in [9.17, 15) is 0 Å². The largest absolute Gasteiger partial charge is 0.0610 e. The first-order valence-corrected chi connectivity index (χ1v) is 7.38. The summed E-state index contributed by atoms with van der Waals surface area (Å²) < 4.78 is 0. The first-order chi connectivity index (χ1) is 10.1. The predicted octanol–water partition coefficient (Wildman–Crippen LogP) is 5.95. The van der Waals surface area contributed by atoms with Gasteiger partial charge in [-0.2, -0.15) is 0 Å². The Labute approximate surface area is 127 Å². The molecule has 0 aliphatic carbocycles. The summed E-state index contributed by atoms with van der Waals surface area (Å²) in [6.45, 7) is 6.44. The van der Waals surface area contributed by atoms with Gasteiger partial charge in [-0.3, -0.25) is 0 Å². The van der Waals surface area contributed by atoms with Gasteiger partial charge >= 0.3 is 0 Å². The smallest absolute Gasteiger partial charge is 0.0154 e. The fraction of sp³-hybridized carbons (Fsp3) is 0.143. The summed E-state index contributed by atoms with van der Waals surface area (Å²) in [6, 6.07) is 24.2. The van der Waals surface area contributed by atoms with Crippen LogP contribution in [0.4, 0.5) is 0 Å². The first kappa shape index (κ1) is 13.6. The Morgan fingerprint density at radius 1 is 0.524 bits per heavy atom. The van der Waals surface area contributed by atoms with Crippen LogP contribution in [0.25, 0.3) is 22.3 Å². The summed E-state index contributed by atoms with van der Waals surface area (Å²) in [5.41, 5.74) is 9.08. The van der Waals surface area contributed by atoms with Crippen LogP contribution in [-0.2, 0) is 0 Å². The van der Waals surface area contributed by atoms with E-state index in [0.29, 0.717) is 0 Å². The van der Waals surface area contributed by atoms with Crippen molar-refractivity contribution in [1.82, 2.24) is 0 Å². The average molecular weight is 272 g/mol. The fourth-order valence-corrected chi connectivity index (χ4v) is 2.75. The van der Waals surface area contributed by atoms with Crippen molar-refractivity contribution in [3.05, 3.63) is 83.4 Å². The summed E-state index contributed by atoms with van der Waals surface area (Å²) >= 11 is 0. The highest BCUT2D eigenvalue weighted by Gasteiger charge is 2.04. The maximum absolute atomic E-state index is 2.28. The van der Waals surface area contributed by atoms with Crippen molar-refractivity contribution in [2.24, 2.45) is 0 Å². The van der Waals surface area contributed by atoms with E-state index in [-0.39, 0.29) is 0 Å². The van der Waals surface area contributed by atoms with Crippen LogP contribution in [0.1, 0.15) is 16.7 Å². The van der Waals surface area contributed by atoms with Crippen molar-refractivity contribution >= 4 is 0 Å². The number of benzene rings is 3. The van der Waals surface area contributed by atoms with Gasteiger partial charge < -0.3 is 0 Å². The van der Waals surface area contributed by atoms with E-state index in [1.54, 1.807) is 0 Å². The zero-order valence-corrected chi connectivity index (χ0v) is 12.9. The van der Waals surface area contributed by atoms with Crippen LogP contribution in [0.5, 0.6) is 0 Å². The van der Waals surface area contributed by atoms with Crippen LogP contribution >= 0.6 is 0 Å². The zero-order valence-electron chi connectivity index (χ0n) is 12.9. The van der Waals surface area contributed by atoms with Crippen LogP contribution < -0.4 is 0 Å². The van der Waals surface area contributed by atoms with E-state index < -0.39 is 0 Å². The normalized spacial score (nSPS) is 10.6. The minimum absolute atomic E-state index is 1.27. The third-order valence-electron chi connectivity index (χ3n) is 3.94. The second kappa shape index (κ2) is 5.57. The van der Waals surface area contributed by atoms with E-state index >= 15 is 0 Å². The highest BCUT2D eigenvalue weighted by atomic mass is 14.1. The molecule has 3 aromatic carbocycles. The van der Waals surface area contributed by atoms with Crippen molar-refractivity contribution in [2.75, 3.05) is 0 Å². The van der Waals surface area contributed by atoms with Crippen molar-refractivity contribution in [2.45, 2.75) is 20.8 Å². The molecule has 104 valence electrons. The lowest BCUT2D eigenvalue weighted by Gasteiger charge is -2.10. The van der Waals surface area contributed by atoms with Gasteiger partial charge in [0.2, 0.25) is 0 Å². The Morgan fingerprint density at radius 3 is 1.90 bits per heavy atom. The molecule has 0 aromatic heterocycles. The van der Waals surface area contributed by atoms with Gasteiger partial charge in [0.15, 0.2) is 0 Å². The second-order valence-corrected chi connectivity index (χ2v) is 5.77. The molecule has 0 fully saturated rings. The van der Waals surface area contributed by atoms with Gasteiger partial charge in [-0.25, -0.2) is 0 Å². The highest BCUT2D eigenvalue weighted by molar-refractivity contribution is 5.74. The maximum atomic E-state index is 2.28. The van der Waals surface area contributed by atoms with Gasteiger partial charge in [0.1, 0.15) is 0 Å². The van der Waals surface area contributed by atoms with Crippen molar-refractivity contribution in [3.63, 3.8) is 0 Å². The van der Waals surface area contributed by atoms with Crippen molar-refractivity contribution < 1.29 is 0 Å². The lowest BCUT2D eigenvalue weighted by Crippen LogP contribution is -1.86. The molecule has 3 rings (SSSR count). The Balaban J connectivity index is 2.05. The lowest BCUT2D eigenvalue weighted by molar-refractivity contribution is 1.38. The van der Waals surface area contributed by atoms with E-state index in [0.717, 1.165) is 0 Å². The van der Waals surface area contributed by atoms with Crippen LogP contribution in [0.15, 0.2) is 66.7 Å². The average Bonchev–Trinajstić information content (AvgIpc) is 2.48. The molecule has 0 atom stereocenters. The number of aryl methyl sites for hydroxylation is 3. The SMILES string of the molecule is Cc1ccc(-c2cccc(-c3ccc(C)cc3C)c2)cc1. The molecular weight excluding hydrogens is 252 g/mol. The summed E-state index contributed by atoms with van der Waals surface area (Å²) in [6.07, 6.45) is 0. The maximum Gasteiger partial charge on any atom is -0.0154 e. The highest BCUT2D eigenvalue weighted by Crippen LogP contribution is 2.29. The summed E-state index contributed by atoms with van der Waals surface area (Å²) in [4.78, 5) is 0. The molecule has 0 radical (unpaired) electrons. The molecule has 0 saturated heterocycles. The predicted molar refractivity (Wildman–Crippen MR) is 91.5 cm³/mol.